The minimum atomic E-state index is -0.0249. The van der Waals surface area contributed by atoms with E-state index in [9.17, 15) is 4.79 Å². The summed E-state index contributed by atoms with van der Waals surface area (Å²) in [6.07, 6.45) is 0.800. The molecule has 1 unspecified atom stereocenters. The molecule has 0 aliphatic rings. The quantitative estimate of drug-likeness (QED) is 0.878. The lowest BCUT2D eigenvalue weighted by Crippen LogP contribution is -2.20. The third-order valence-electron chi connectivity index (χ3n) is 2.48. The maximum Gasteiger partial charge on any atom is 0.227 e. The molecule has 0 aliphatic carbocycles. The van der Waals surface area contributed by atoms with Gasteiger partial charge in [-0.25, -0.2) is 0 Å². The van der Waals surface area contributed by atoms with E-state index < -0.39 is 0 Å². The lowest BCUT2D eigenvalue weighted by Gasteiger charge is -2.13. The van der Waals surface area contributed by atoms with Crippen LogP contribution in [-0.2, 0) is 4.79 Å². The molecule has 1 rings (SSSR count). The number of nitrogens with one attached hydrogen (secondary N) is 1. The summed E-state index contributed by atoms with van der Waals surface area (Å²) in [4.78, 5) is 11.7. The number of benzene rings is 1. The lowest BCUT2D eigenvalue weighted by atomic mass is 10.1. The van der Waals surface area contributed by atoms with Gasteiger partial charge in [0, 0.05) is 10.9 Å². The number of halogens is 1. The molecule has 3 nitrogen and oxygen atoms in total. The van der Waals surface area contributed by atoms with Crippen molar-refractivity contribution in [1.82, 2.24) is 0 Å². The van der Waals surface area contributed by atoms with Gasteiger partial charge in [0.2, 0.25) is 5.91 Å². The molecule has 0 saturated heterocycles. The van der Waals surface area contributed by atoms with Crippen molar-refractivity contribution in [3.8, 4) is 5.75 Å². The number of methoxy groups -OCH3 is 1. The topological polar surface area (TPSA) is 38.3 Å². The first-order chi connectivity index (χ1) is 7.58. The molecule has 0 fully saturated rings. The van der Waals surface area contributed by atoms with Crippen molar-refractivity contribution in [3.05, 3.63) is 23.2 Å². The van der Waals surface area contributed by atoms with Crippen LogP contribution in [0.2, 0.25) is 5.02 Å². The highest BCUT2D eigenvalue weighted by Crippen LogP contribution is 2.28. The van der Waals surface area contributed by atoms with E-state index in [1.165, 1.54) is 0 Å². The number of ether oxygens (including phenoxy) is 1. The molecule has 1 N–H and O–H groups in total. The molecule has 88 valence electrons. The normalized spacial score (nSPS) is 12.0. The minimum Gasteiger partial charge on any atom is -0.495 e. The molecule has 1 aromatic carbocycles. The number of carbonyl (C=O) groups is 1. The molecule has 16 heavy (non-hydrogen) atoms. The molecule has 1 aromatic rings. The second-order valence-corrected chi connectivity index (χ2v) is 4.08. The number of hydrogen-bond acceptors (Lipinski definition) is 2. The summed E-state index contributed by atoms with van der Waals surface area (Å²) in [7, 11) is 1.56. The van der Waals surface area contributed by atoms with Crippen LogP contribution in [0.1, 0.15) is 20.3 Å². The second kappa shape index (κ2) is 5.75. The zero-order valence-electron chi connectivity index (χ0n) is 9.71. The Labute approximate surface area is 101 Å². The van der Waals surface area contributed by atoms with Crippen LogP contribution in [0.3, 0.4) is 0 Å². The number of anilines is 1. The van der Waals surface area contributed by atoms with Crippen molar-refractivity contribution in [2.24, 2.45) is 5.92 Å². The summed E-state index contributed by atoms with van der Waals surface area (Å²) in [6.45, 7) is 3.85. The van der Waals surface area contributed by atoms with Crippen molar-refractivity contribution < 1.29 is 9.53 Å². The van der Waals surface area contributed by atoms with Gasteiger partial charge in [-0.15, -0.1) is 0 Å². The Balaban J connectivity index is 2.87. The second-order valence-electron chi connectivity index (χ2n) is 3.64. The minimum absolute atomic E-state index is 0.0244. The van der Waals surface area contributed by atoms with Crippen LogP contribution in [-0.4, -0.2) is 13.0 Å². The fourth-order valence-electron chi connectivity index (χ4n) is 1.22. The Hall–Kier alpha value is -1.22. The molecular formula is C12H16ClNO2. The molecular weight excluding hydrogens is 226 g/mol. The van der Waals surface area contributed by atoms with Gasteiger partial charge in [0.15, 0.2) is 0 Å². The lowest BCUT2D eigenvalue weighted by molar-refractivity contribution is -0.119. The van der Waals surface area contributed by atoms with Crippen molar-refractivity contribution >= 4 is 23.2 Å². The smallest absolute Gasteiger partial charge is 0.227 e. The predicted molar refractivity (Wildman–Crippen MR) is 66.1 cm³/mol. The fraction of sp³-hybridized carbons (Fsp3) is 0.417. The van der Waals surface area contributed by atoms with E-state index in [1.54, 1.807) is 25.3 Å². The maximum absolute atomic E-state index is 11.7. The summed E-state index contributed by atoms with van der Waals surface area (Å²) in [5.41, 5.74) is 0.611. The zero-order valence-corrected chi connectivity index (χ0v) is 10.5. The first kappa shape index (κ1) is 12.8. The predicted octanol–water partition coefficient (Wildman–Crippen LogP) is 3.33. The average molecular weight is 242 g/mol. The van der Waals surface area contributed by atoms with Crippen molar-refractivity contribution in [2.45, 2.75) is 20.3 Å². The molecule has 0 heterocycles. The van der Waals surface area contributed by atoms with Gasteiger partial charge in [0.25, 0.3) is 0 Å². The van der Waals surface area contributed by atoms with Gasteiger partial charge in [-0.1, -0.05) is 25.4 Å². The van der Waals surface area contributed by atoms with Gasteiger partial charge in [0.05, 0.1) is 12.8 Å². The van der Waals surface area contributed by atoms with E-state index >= 15 is 0 Å². The Morgan fingerprint density at radius 1 is 1.56 bits per heavy atom. The number of hydrogen-bond donors (Lipinski definition) is 1. The SMILES string of the molecule is CCC(C)C(=O)Nc1cc(Cl)ccc1OC. The summed E-state index contributed by atoms with van der Waals surface area (Å²) >= 11 is 5.86. The van der Waals surface area contributed by atoms with E-state index in [0.29, 0.717) is 16.5 Å². The molecule has 0 spiro atoms. The monoisotopic (exact) mass is 241 g/mol. The first-order valence-electron chi connectivity index (χ1n) is 5.22. The van der Waals surface area contributed by atoms with Gasteiger partial charge >= 0.3 is 0 Å². The third-order valence-corrected chi connectivity index (χ3v) is 2.71. The van der Waals surface area contributed by atoms with Crippen LogP contribution in [0.5, 0.6) is 5.75 Å². The maximum atomic E-state index is 11.7. The molecule has 0 saturated carbocycles. The Bertz CT molecular complexity index is 379. The zero-order chi connectivity index (χ0) is 12.1. The van der Waals surface area contributed by atoms with E-state index in [2.05, 4.69) is 5.32 Å². The number of amides is 1. The molecule has 1 amide bonds. The molecule has 0 bridgehead atoms. The highest BCUT2D eigenvalue weighted by atomic mass is 35.5. The summed E-state index contributed by atoms with van der Waals surface area (Å²) in [5.74, 6) is 0.563. The molecule has 0 aromatic heterocycles. The third kappa shape index (κ3) is 3.14. The molecule has 0 radical (unpaired) electrons. The summed E-state index contributed by atoms with van der Waals surface area (Å²) < 4.78 is 5.14. The van der Waals surface area contributed by atoms with Gasteiger partial charge < -0.3 is 10.1 Å². The molecule has 4 heteroatoms. The standard InChI is InChI=1S/C12H16ClNO2/c1-4-8(2)12(15)14-10-7-9(13)5-6-11(10)16-3/h5-8H,4H2,1-3H3,(H,14,15). The Kier molecular flexibility index (Phi) is 4.62. The average Bonchev–Trinajstić information content (AvgIpc) is 2.28. The highest BCUT2D eigenvalue weighted by molar-refractivity contribution is 6.31. The van der Waals surface area contributed by atoms with Gasteiger partial charge in [-0.2, -0.15) is 0 Å². The van der Waals surface area contributed by atoms with Crippen LogP contribution in [0.25, 0.3) is 0 Å². The summed E-state index contributed by atoms with van der Waals surface area (Å²) in [5, 5.41) is 3.37. The molecule has 0 aliphatic heterocycles. The van der Waals surface area contributed by atoms with Crippen molar-refractivity contribution in [3.63, 3.8) is 0 Å². The fourth-order valence-corrected chi connectivity index (χ4v) is 1.39. The van der Waals surface area contributed by atoms with Crippen LogP contribution in [0.15, 0.2) is 18.2 Å². The summed E-state index contributed by atoms with van der Waals surface area (Å²) in [6, 6.07) is 5.13. The largest absolute Gasteiger partial charge is 0.495 e. The van der Waals surface area contributed by atoms with E-state index in [0.717, 1.165) is 6.42 Å². The van der Waals surface area contributed by atoms with E-state index in [1.807, 2.05) is 13.8 Å². The first-order valence-corrected chi connectivity index (χ1v) is 5.60. The Morgan fingerprint density at radius 3 is 2.81 bits per heavy atom. The van der Waals surface area contributed by atoms with Gasteiger partial charge in [0.1, 0.15) is 5.75 Å². The van der Waals surface area contributed by atoms with Crippen LogP contribution in [0, 0.1) is 5.92 Å². The van der Waals surface area contributed by atoms with Crippen molar-refractivity contribution in [1.29, 1.82) is 0 Å². The number of rotatable bonds is 4. The number of carbonyl (C=O) groups excluding carboxylic acids is 1. The van der Waals surface area contributed by atoms with Gasteiger partial charge in [-0.3, -0.25) is 4.79 Å². The Morgan fingerprint density at radius 2 is 2.25 bits per heavy atom. The molecule has 1 atom stereocenters. The van der Waals surface area contributed by atoms with E-state index in [4.69, 9.17) is 16.3 Å². The van der Waals surface area contributed by atoms with Crippen molar-refractivity contribution in [2.75, 3.05) is 12.4 Å². The van der Waals surface area contributed by atoms with Crippen LogP contribution >= 0.6 is 11.6 Å². The highest BCUT2D eigenvalue weighted by Gasteiger charge is 2.13. The van der Waals surface area contributed by atoms with Crippen LogP contribution < -0.4 is 10.1 Å². The van der Waals surface area contributed by atoms with Crippen LogP contribution in [0.4, 0.5) is 5.69 Å². The van der Waals surface area contributed by atoms with E-state index in [-0.39, 0.29) is 11.8 Å². The van der Waals surface area contributed by atoms with Gasteiger partial charge in [-0.05, 0) is 24.6 Å².